The van der Waals surface area contributed by atoms with Crippen molar-refractivity contribution < 1.29 is 22.6 Å². The molecule has 4 rings (SSSR count). The number of nitrogens with zero attached hydrogens (tertiary/aromatic N) is 2. The smallest absolute Gasteiger partial charge is 0.416 e. The zero-order chi connectivity index (χ0) is 20.4. The molecule has 2 aliphatic heterocycles. The highest BCUT2D eigenvalue weighted by Crippen LogP contribution is 2.31. The summed E-state index contributed by atoms with van der Waals surface area (Å²) in [6.45, 7) is 4.54. The average Bonchev–Trinajstić information content (AvgIpc) is 2.66. The Labute approximate surface area is 167 Å². The fourth-order valence-corrected chi connectivity index (χ4v) is 3.22. The van der Waals surface area contributed by atoms with Gasteiger partial charge in [-0.1, -0.05) is 18.2 Å². The first-order valence-corrected chi connectivity index (χ1v) is 9.48. The number of ether oxygens (including phenoxy) is 2. The van der Waals surface area contributed by atoms with E-state index in [0.717, 1.165) is 36.6 Å². The Morgan fingerprint density at radius 3 is 2.52 bits per heavy atom. The van der Waals surface area contributed by atoms with Crippen molar-refractivity contribution >= 4 is 5.71 Å². The third-order valence-electron chi connectivity index (χ3n) is 5.06. The summed E-state index contributed by atoms with van der Waals surface area (Å²) in [7, 11) is 0. The Morgan fingerprint density at radius 1 is 1.14 bits per heavy atom. The monoisotopic (exact) mass is 402 g/mol. The first kappa shape index (κ1) is 19.5. The van der Waals surface area contributed by atoms with Crippen molar-refractivity contribution in [1.82, 2.24) is 4.90 Å². The topological polar surface area (TPSA) is 34.1 Å². The van der Waals surface area contributed by atoms with Crippen molar-refractivity contribution in [2.45, 2.75) is 19.0 Å². The molecular formula is C22H21F3N2O2. The molecule has 152 valence electrons. The lowest BCUT2D eigenvalue weighted by atomic mass is 9.94. The zero-order valence-electron chi connectivity index (χ0n) is 15.9. The lowest BCUT2D eigenvalue weighted by molar-refractivity contribution is -0.137. The minimum atomic E-state index is -4.37. The molecule has 2 aromatic carbocycles. The number of alkyl halides is 3. The van der Waals surface area contributed by atoms with Gasteiger partial charge in [0.15, 0.2) is 5.88 Å². The van der Waals surface area contributed by atoms with E-state index in [0.29, 0.717) is 30.8 Å². The third-order valence-corrected chi connectivity index (χ3v) is 5.06. The van der Waals surface area contributed by atoms with Crippen LogP contribution in [0.4, 0.5) is 13.2 Å². The summed E-state index contributed by atoms with van der Waals surface area (Å²) in [4.78, 5) is 6.56. The zero-order valence-corrected chi connectivity index (χ0v) is 15.9. The number of allylic oxidation sites excluding steroid dienone is 1. The Balaban J connectivity index is 1.56. The van der Waals surface area contributed by atoms with Crippen LogP contribution in [-0.4, -0.2) is 37.0 Å². The van der Waals surface area contributed by atoms with Gasteiger partial charge < -0.3 is 14.4 Å². The molecule has 2 aromatic rings. The maximum Gasteiger partial charge on any atom is 0.416 e. The Bertz CT molecular complexity index is 932. The highest BCUT2D eigenvalue weighted by molar-refractivity contribution is 6.09. The second-order valence-electron chi connectivity index (χ2n) is 7.01. The molecule has 0 amide bonds. The minimum Gasteiger partial charge on any atom is -0.441 e. The van der Waals surface area contributed by atoms with E-state index in [1.165, 1.54) is 17.7 Å². The van der Waals surface area contributed by atoms with Crippen LogP contribution >= 0.6 is 0 Å². The molecule has 0 radical (unpaired) electrons. The molecule has 2 aliphatic rings. The van der Waals surface area contributed by atoms with Crippen LogP contribution in [0.2, 0.25) is 0 Å². The number of halogens is 3. The summed E-state index contributed by atoms with van der Waals surface area (Å²) in [5.74, 6) is 1.33. The normalized spacial score (nSPS) is 17.4. The minimum absolute atomic E-state index is 0.351. The summed E-state index contributed by atoms with van der Waals surface area (Å²) in [5.41, 5.74) is 2.29. The number of hydrogen-bond acceptors (Lipinski definition) is 4. The van der Waals surface area contributed by atoms with Crippen molar-refractivity contribution in [2.24, 2.45) is 4.99 Å². The lowest BCUT2D eigenvalue weighted by Gasteiger charge is -2.28. The molecule has 29 heavy (non-hydrogen) atoms. The summed E-state index contributed by atoms with van der Waals surface area (Å²) in [6, 6.07) is 12.9. The molecule has 0 N–H and O–H groups in total. The Hall–Kier alpha value is -2.80. The van der Waals surface area contributed by atoms with Crippen molar-refractivity contribution in [3.05, 3.63) is 77.2 Å². The van der Waals surface area contributed by atoms with Crippen molar-refractivity contribution in [3.63, 3.8) is 0 Å². The van der Waals surface area contributed by atoms with E-state index in [-0.39, 0.29) is 0 Å². The SMILES string of the molecule is CCN1CN=C(c2cccc(C3COC3)c2)C=C1Oc1ccc(C(F)(F)F)cc1. The largest absolute Gasteiger partial charge is 0.441 e. The van der Waals surface area contributed by atoms with E-state index in [4.69, 9.17) is 9.47 Å². The molecule has 7 heteroatoms. The van der Waals surface area contributed by atoms with Crippen LogP contribution < -0.4 is 4.74 Å². The summed E-state index contributed by atoms with van der Waals surface area (Å²) in [5, 5.41) is 0. The molecule has 0 aromatic heterocycles. The molecule has 0 spiro atoms. The van der Waals surface area contributed by atoms with Crippen LogP contribution in [0, 0.1) is 0 Å². The second-order valence-corrected chi connectivity index (χ2v) is 7.01. The van der Waals surface area contributed by atoms with Crippen LogP contribution in [0.25, 0.3) is 0 Å². The fraction of sp³-hybridized carbons (Fsp3) is 0.318. The molecule has 1 fully saturated rings. The summed E-state index contributed by atoms with van der Waals surface area (Å²) >= 11 is 0. The fourth-order valence-electron chi connectivity index (χ4n) is 3.22. The van der Waals surface area contributed by atoms with E-state index in [9.17, 15) is 13.2 Å². The maximum atomic E-state index is 12.8. The van der Waals surface area contributed by atoms with Crippen molar-refractivity contribution in [2.75, 3.05) is 26.4 Å². The van der Waals surface area contributed by atoms with Gasteiger partial charge >= 0.3 is 6.18 Å². The number of rotatable bonds is 5. The third kappa shape index (κ3) is 4.29. The van der Waals surface area contributed by atoms with Gasteiger partial charge in [0.25, 0.3) is 0 Å². The van der Waals surface area contributed by atoms with Gasteiger partial charge in [-0.25, -0.2) is 0 Å². The first-order chi connectivity index (χ1) is 13.9. The van der Waals surface area contributed by atoms with Crippen LogP contribution in [0.15, 0.2) is 65.5 Å². The predicted molar refractivity (Wildman–Crippen MR) is 104 cm³/mol. The predicted octanol–water partition coefficient (Wildman–Crippen LogP) is 4.82. The van der Waals surface area contributed by atoms with Gasteiger partial charge in [-0.2, -0.15) is 13.2 Å². The van der Waals surface area contributed by atoms with Crippen LogP contribution in [0.3, 0.4) is 0 Å². The molecule has 0 atom stereocenters. The van der Waals surface area contributed by atoms with Crippen LogP contribution in [0.5, 0.6) is 5.75 Å². The Kier molecular flexibility index (Phi) is 5.32. The molecule has 0 bridgehead atoms. The lowest BCUT2D eigenvalue weighted by Crippen LogP contribution is -2.31. The van der Waals surface area contributed by atoms with E-state index in [1.54, 1.807) is 0 Å². The van der Waals surface area contributed by atoms with E-state index in [1.807, 2.05) is 30.0 Å². The summed E-state index contributed by atoms with van der Waals surface area (Å²) in [6.07, 6.45) is -2.53. The molecular weight excluding hydrogens is 381 g/mol. The molecule has 0 unspecified atom stereocenters. The van der Waals surface area contributed by atoms with E-state index in [2.05, 4.69) is 17.1 Å². The number of aliphatic imine (C=N–C) groups is 1. The average molecular weight is 402 g/mol. The van der Waals surface area contributed by atoms with Gasteiger partial charge in [-0.05, 0) is 42.8 Å². The van der Waals surface area contributed by atoms with Crippen LogP contribution in [-0.2, 0) is 10.9 Å². The summed E-state index contributed by atoms with van der Waals surface area (Å²) < 4.78 is 49.5. The van der Waals surface area contributed by atoms with Gasteiger partial charge in [0.05, 0.1) is 24.5 Å². The molecule has 0 saturated carbocycles. The van der Waals surface area contributed by atoms with Gasteiger partial charge in [0, 0.05) is 24.1 Å². The second kappa shape index (κ2) is 7.91. The van der Waals surface area contributed by atoms with Gasteiger partial charge in [-0.3, -0.25) is 4.99 Å². The molecule has 0 aliphatic carbocycles. The van der Waals surface area contributed by atoms with E-state index >= 15 is 0 Å². The standard InChI is InChI=1S/C22H21F3N2O2/c1-2-27-14-26-20(16-5-3-4-15(10-16)17-12-28-13-17)11-21(27)29-19-8-6-18(7-9-19)22(23,24)25/h3-11,17H,2,12-14H2,1H3. The van der Waals surface area contributed by atoms with E-state index < -0.39 is 11.7 Å². The highest BCUT2D eigenvalue weighted by Gasteiger charge is 2.30. The maximum absolute atomic E-state index is 12.8. The van der Waals surface area contributed by atoms with Gasteiger partial charge in [0.2, 0.25) is 0 Å². The quantitative estimate of drug-likeness (QED) is 0.719. The highest BCUT2D eigenvalue weighted by atomic mass is 19.4. The number of hydrogen-bond donors (Lipinski definition) is 0. The van der Waals surface area contributed by atoms with Gasteiger partial charge in [-0.15, -0.1) is 0 Å². The Morgan fingerprint density at radius 2 is 1.90 bits per heavy atom. The first-order valence-electron chi connectivity index (χ1n) is 9.48. The molecule has 1 saturated heterocycles. The van der Waals surface area contributed by atoms with Crippen molar-refractivity contribution in [3.8, 4) is 5.75 Å². The van der Waals surface area contributed by atoms with Crippen LogP contribution in [0.1, 0.15) is 29.5 Å². The van der Waals surface area contributed by atoms with Gasteiger partial charge in [0.1, 0.15) is 12.4 Å². The molecule has 4 nitrogen and oxygen atoms in total. The van der Waals surface area contributed by atoms with Crippen molar-refractivity contribution in [1.29, 1.82) is 0 Å². The molecule has 2 heterocycles. The number of benzene rings is 2.